The molecule has 0 aliphatic carbocycles. The average molecular weight is 394 g/mol. The van der Waals surface area contributed by atoms with E-state index >= 15 is 0 Å². The van der Waals surface area contributed by atoms with Gasteiger partial charge < -0.3 is 0 Å². The molecule has 0 aliphatic rings. The highest BCUT2D eigenvalue weighted by atomic mass is 79.9. The van der Waals surface area contributed by atoms with Gasteiger partial charge in [0.2, 0.25) is 4.77 Å². The predicted molar refractivity (Wildman–Crippen MR) is 95.0 cm³/mol. The Balaban J connectivity index is 2.04. The summed E-state index contributed by atoms with van der Waals surface area (Å²) < 4.78 is 2.94. The molecule has 3 aromatic rings. The van der Waals surface area contributed by atoms with Gasteiger partial charge in [-0.3, -0.25) is 0 Å². The zero-order valence-corrected chi connectivity index (χ0v) is 14.4. The smallest absolute Gasteiger partial charge is 0.216 e. The molecule has 0 unspecified atom stereocenters. The molecular formula is C15H10BrClN4S. The number of aromatic amines is 1. The van der Waals surface area contributed by atoms with Gasteiger partial charge in [0.05, 0.1) is 6.21 Å². The highest BCUT2D eigenvalue weighted by molar-refractivity contribution is 9.10. The maximum Gasteiger partial charge on any atom is 0.216 e. The SMILES string of the molecule is S=c1[nH]nc(-c2cccc(Br)c2)n1/N=C\c1ccccc1Cl. The molecule has 110 valence electrons. The molecule has 1 aromatic heterocycles. The van der Waals surface area contributed by atoms with Crippen molar-refractivity contribution in [2.45, 2.75) is 0 Å². The molecule has 0 bridgehead atoms. The number of benzene rings is 2. The summed E-state index contributed by atoms with van der Waals surface area (Å²) in [5, 5.41) is 12.0. The highest BCUT2D eigenvalue weighted by Gasteiger charge is 2.08. The number of H-pyrrole nitrogens is 1. The van der Waals surface area contributed by atoms with Crippen LogP contribution in [0.15, 0.2) is 58.1 Å². The molecule has 1 heterocycles. The Hall–Kier alpha value is -1.76. The van der Waals surface area contributed by atoms with E-state index in [4.69, 9.17) is 23.8 Å². The number of halogens is 2. The fourth-order valence-corrected chi connectivity index (χ4v) is 2.68. The lowest BCUT2D eigenvalue weighted by Gasteiger charge is -2.02. The van der Waals surface area contributed by atoms with Crippen molar-refractivity contribution in [1.82, 2.24) is 14.9 Å². The van der Waals surface area contributed by atoms with E-state index in [-0.39, 0.29) is 0 Å². The second kappa shape index (κ2) is 6.56. The molecule has 0 fully saturated rings. The van der Waals surface area contributed by atoms with Crippen LogP contribution in [0.1, 0.15) is 5.56 Å². The molecule has 22 heavy (non-hydrogen) atoms. The third-order valence-electron chi connectivity index (χ3n) is 2.95. The van der Waals surface area contributed by atoms with Crippen molar-refractivity contribution in [2.75, 3.05) is 0 Å². The molecular weight excluding hydrogens is 384 g/mol. The van der Waals surface area contributed by atoms with E-state index in [9.17, 15) is 0 Å². The van der Waals surface area contributed by atoms with Gasteiger partial charge in [-0.1, -0.05) is 57.9 Å². The number of hydrogen-bond donors (Lipinski definition) is 1. The Morgan fingerprint density at radius 2 is 2.05 bits per heavy atom. The summed E-state index contributed by atoms with van der Waals surface area (Å²) in [5.74, 6) is 0.634. The third kappa shape index (κ3) is 3.19. The number of aromatic nitrogens is 3. The van der Waals surface area contributed by atoms with E-state index in [0.717, 1.165) is 15.6 Å². The van der Waals surface area contributed by atoms with Crippen molar-refractivity contribution in [1.29, 1.82) is 0 Å². The van der Waals surface area contributed by atoms with Crippen LogP contribution in [-0.4, -0.2) is 21.1 Å². The molecule has 0 saturated carbocycles. The molecule has 0 radical (unpaired) electrons. The van der Waals surface area contributed by atoms with Crippen LogP contribution in [0.4, 0.5) is 0 Å². The first-order chi connectivity index (χ1) is 10.6. The van der Waals surface area contributed by atoms with Gasteiger partial charge in [0.25, 0.3) is 0 Å². The minimum atomic E-state index is 0.415. The van der Waals surface area contributed by atoms with Crippen LogP contribution in [-0.2, 0) is 0 Å². The Labute approximate surface area is 145 Å². The van der Waals surface area contributed by atoms with E-state index in [0.29, 0.717) is 15.6 Å². The normalized spacial score (nSPS) is 11.2. The van der Waals surface area contributed by atoms with Gasteiger partial charge in [-0.05, 0) is 30.4 Å². The maximum atomic E-state index is 6.13. The van der Waals surface area contributed by atoms with Crippen LogP contribution < -0.4 is 0 Å². The summed E-state index contributed by atoms with van der Waals surface area (Å²) in [6.45, 7) is 0. The van der Waals surface area contributed by atoms with Crippen LogP contribution in [0, 0.1) is 4.77 Å². The Morgan fingerprint density at radius 3 is 2.82 bits per heavy atom. The molecule has 4 nitrogen and oxygen atoms in total. The third-order valence-corrected chi connectivity index (χ3v) is 4.05. The fraction of sp³-hybridized carbons (Fsp3) is 0. The Bertz CT molecular complexity index is 900. The zero-order valence-electron chi connectivity index (χ0n) is 11.2. The lowest BCUT2D eigenvalue weighted by Crippen LogP contribution is -1.95. The maximum absolute atomic E-state index is 6.13. The summed E-state index contributed by atoms with van der Waals surface area (Å²) in [5.41, 5.74) is 1.71. The largest absolute Gasteiger partial charge is 0.250 e. The Kier molecular flexibility index (Phi) is 4.52. The molecule has 0 saturated heterocycles. The zero-order chi connectivity index (χ0) is 15.5. The molecule has 0 atom stereocenters. The van der Waals surface area contributed by atoms with Gasteiger partial charge in [0, 0.05) is 20.6 Å². The van der Waals surface area contributed by atoms with Gasteiger partial charge in [-0.15, -0.1) is 0 Å². The van der Waals surface area contributed by atoms with Gasteiger partial charge in [0.1, 0.15) is 0 Å². The van der Waals surface area contributed by atoms with Crippen molar-refractivity contribution in [3.63, 3.8) is 0 Å². The van der Waals surface area contributed by atoms with Crippen LogP contribution in [0.25, 0.3) is 11.4 Å². The first-order valence-electron chi connectivity index (χ1n) is 6.37. The van der Waals surface area contributed by atoms with Crippen LogP contribution in [0.5, 0.6) is 0 Å². The number of nitrogens with zero attached hydrogens (tertiary/aromatic N) is 3. The minimum Gasteiger partial charge on any atom is -0.250 e. The summed E-state index contributed by atoms with van der Waals surface area (Å²) in [4.78, 5) is 0. The van der Waals surface area contributed by atoms with Crippen molar-refractivity contribution < 1.29 is 0 Å². The standard InChI is InChI=1S/C15H10BrClN4S/c16-12-6-3-5-10(8-12)14-19-20-15(22)21(14)18-9-11-4-1-2-7-13(11)17/h1-9H,(H,20,22)/b18-9-. The van der Waals surface area contributed by atoms with Gasteiger partial charge in [-0.25, -0.2) is 5.10 Å². The van der Waals surface area contributed by atoms with E-state index < -0.39 is 0 Å². The van der Waals surface area contributed by atoms with Crippen molar-refractivity contribution in [2.24, 2.45) is 5.10 Å². The number of rotatable bonds is 3. The first-order valence-corrected chi connectivity index (χ1v) is 7.95. The first kappa shape index (κ1) is 15.1. The van der Waals surface area contributed by atoms with E-state index in [2.05, 4.69) is 31.2 Å². The lowest BCUT2D eigenvalue weighted by molar-refractivity contribution is 0.871. The Morgan fingerprint density at radius 1 is 1.23 bits per heavy atom. The van der Waals surface area contributed by atoms with Crippen molar-refractivity contribution in [3.8, 4) is 11.4 Å². The monoisotopic (exact) mass is 392 g/mol. The molecule has 0 aliphatic heterocycles. The van der Waals surface area contributed by atoms with Crippen LogP contribution >= 0.6 is 39.7 Å². The van der Waals surface area contributed by atoms with Gasteiger partial charge in [-0.2, -0.15) is 14.9 Å². The van der Waals surface area contributed by atoms with E-state index in [1.165, 1.54) is 0 Å². The summed E-state index contributed by atoms with van der Waals surface area (Å²) in [6, 6.07) is 15.2. The average Bonchev–Trinajstić information content (AvgIpc) is 2.87. The minimum absolute atomic E-state index is 0.415. The van der Waals surface area contributed by atoms with Crippen molar-refractivity contribution >= 4 is 46.0 Å². The molecule has 2 aromatic carbocycles. The molecule has 1 N–H and O–H groups in total. The second-order valence-corrected chi connectivity index (χ2v) is 6.15. The molecule has 7 heteroatoms. The van der Waals surface area contributed by atoms with E-state index in [1.807, 2.05) is 48.5 Å². The van der Waals surface area contributed by atoms with Gasteiger partial charge >= 0.3 is 0 Å². The summed E-state index contributed by atoms with van der Waals surface area (Å²) in [7, 11) is 0. The van der Waals surface area contributed by atoms with Gasteiger partial charge in [0.15, 0.2) is 5.82 Å². The quantitative estimate of drug-likeness (QED) is 0.508. The lowest BCUT2D eigenvalue weighted by atomic mass is 10.2. The molecule has 0 spiro atoms. The molecule has 3 rings (SSSR count). The molecule has 0 amide bonds. The predicted octanol–water partition coefficient (Wildman–Crippen LogP) is 4.91. The second-order valence-electron chi connectivity index (χ2n) is 4.44. The topological polar surface area (TPSA) is 46.0 Å². The van der Waals surface area contributed by atoms with E-state index in [1.54, 1.807) is 10.9 Å². The number of hydrogen-bond acceptors (Lipinski definition) is 3. The summed E-state index contributed by atoms with van der Waals surface area (Å²) in [6.07, 6.45) is 1.66. The van der Waals surface area contributed by atoms with Crippen LogP contribution in [0.2, 0.25) is 5.02 Å². The van der Waals surface area contributed by atoms with Crippen molar-refractivity contribution in [3.05, 3.63) is 68.4 Å². The van der Waals surface area contributed by atoms with Crippen LogP contribution in [0.3, 0.4) is 0 Å². The number of nitrogens with one attached hydrogen (secondary N) is 1. The fourth-order valence-electron chi connectivity index (χ4n) is 1.91. The highest BCUT2D eigenvalue weighted by Crippen LogP contribution is 2.21. The summed E-state index contributed by atoms with van der Waals surface area (Å²) >= 11 is 14.8.